The Balaban J connectivity index is 1.81. The minimum Gasteiger partial charge on any atom is -0.454 e. The lowest BCUT2D eigenvalue weighted by atomic mass is 9.98. The van der Waals surface area contributed by atoms with Crippen molar-refractivity contribution in [2.45, 2.75) is 25.7 Å². The molecule has 34 heavy (non-hydrogen) atoms. The average Bonchev–Trinajstić information content (AvgIpc) is 2.79. The Labute approximate surface area is 203 Å². The van der Waals surface area contributed by atoms with Gasteiger partial charge in [0.1, 0.15) is 5.82 Å². The number of carbonyl (C=O) groups excluding carboxylic acids is 2. The number of esters is 1. The maximum atomic E-state index is 13.2. The van der Waals surface area contributed by atoms with Gasteiger partial charge >= 0.3 is 5.97 Å². The van der Waals surface area contributed by atoms with Crippen LogP contribution in [0, 0.1) is 26.6 Å². The second-order valence-electron chi connectivity index (χ2n) is 7.84. The van der Waals surface area contributed by atoms with Crippen molar-refractivity contribution in [3.8, 4) is 0 Å². The van der Waals surface area contributed by atoms with Crippen LogP contribution in [0.4, 0.5) is 10.1 Å². The molecule has 0 spiro atoms. The molecule has 3 aromatic rings. The molecule has 0 saturated carbocycles. The van der Waals surface area contributed by atoms with Crippen LogP contribution in [0.15, 0.2) is 59.5 Å². The Kier molecular flexibility index (Phi) is 7.43. The standard InChI is InChI=1S/C25H23ClFNO5S/c1-15-11-17(3)21(12-16(15)2)24(29)14-33-25(30)22-13-20(9-10-23(22)26)34(31,32)28(4)19-7-5-18(27)6-8-19/h5-13H,14H2,1-4H3. The molecule has 3 aromatic carbocycles. The number of sulfonamides is 1. The topological polar surface area (TPSA) is 80.8 Å². The van der Waals surface area contributed by atoms with E-state index in [1.54, 1.807) is 13.0 Å². The summed E-state index contributed by atoms with van der Waals surface area (Å²) in [6.45, 7) is 5.09. The largest absolute Gasteiger partial charge is 0.454 e. The zero-order valence-electron chi connectivity index (χ0n) is 19.1. The van der Waals surface area contributed by atoms with Crippen molar-refractivity contribution >= 4 is 39.1 Å². The minimum atomic E-state index is -4.09. The molecule has 3 rings (SSSR count). The Morgan fingerprint density at radius 2 is 1.53 bits per heavy atom. The molecular weight excluding hydrogens is 481 g/mol. The van der Waals surface area contributed by atoms with Crippen LogP contribution in [0.1, 0.15) is 37.4 Å². The second-order valence-corrected chi connectivity index (χ2v) is 10.2. The van der Waals surface area contributed by atoms with Crippen LogP contribution in [0.5, 0.6) is 0 Å². The summed E-state index contributed by atoms with van der Waals surface area (Å²) in [4.78, 5) is 25.0. The molecule has 0 unspecified atom stereocenters. The average molecular weight is 504 g/mol. The normalized spacial score (nSPS) is 11.2. The third-order valence-electron chi connectivity index (χ3n) is 5.48. The number of aryl methyl sites for hydroxylation is 3. The molecule has 0 fully saturated rings. The first-order valence-electron chi connectivity index (χ1n) is 10.2. The van der Waals surface area contributed by atoms with Gasteiger partial charge in [0.15, 0.2) is 6.61 Å². The van der Waals surface area contributed by atoms with E-state index in [1.807, 2.05) is 19.9 Å². The van der Waals surface area contributed by atoms with Crippen LogP contribution in [0.25, 0.3) is 0 Å². The monoisotopic (exact) mass is 503 g/mol. The molecule has 0 heterocycles. The maximum absolute atomic E-state index is 13.2. The number of anilines is 1. The first-order valence-corrected chi connectivity index (χ1v) is 12.1. The lowest BCUT2D eigenvalue weighted by Crippen LogP contribution is -2.27. The Hall–Kier alpha value is -3.23. The lowest BCUT2D eigenvalue weighted by molar-refractivity contribution is 0.0474. The van der Waals surface area contributed by atoms with E-state index >= 15 is 0 Å². The number of carbonyl (C=O) groups is 2. The van der Waals surface area contributed by atoms with Crippen LogP contribution in [-0.4, -0.2) is 33.8 Å². The highest BCUT2D eigenvalue weighted by Crippen LogP contribution is 2.26. The van der Waals surface area contributed by atoms with Gasteiger partial charge in [0.25, 0.3) is 10.0 Å². The molecule has 0 amide bonds. The van der Waals surface area contributed by atoms with Gasteiger partial charge in [-0.15, -0.1) is 0 Å². The third kappa shape index (κ3) is 5.29. The smallest absolute Gasteiger partial charge is 0.340 e. The molecule has 9 heteroatoms. The molecule has 6 nitrogen and oxygen atoms in total. The van der Waals surface area contributed by atoms with Gasteiger partial charge in [-0.05, 0) is 86.0 Å². The zero-order valence-corrected chi connectivity index (χ0v) is 20.6. The van der Waals surface area contributed by atoms with Crippen molar-refractivity contribution in [1.29, 1.82) is 0 Å². The number of rotatable bonds is 7. The van der Waals surface area contributed by atoms with Gasteiger partial charge in [0, 0.05) is 12.6 Å². The van der Waals surface area contributed by atoms with Crippen molar-refractivity contribution in [3.05, 3.63) is 93.3 Å². The summed E-state index contributed by atoms with van der Waals surface area (Å²) in [6.07, 6.45) is 0. The quantitative estimate of drug-likeness (QED) is 0.324. The lowest BCUT2D eigenvalue weighted by Gasteiger charge is -2.20. The number of ether oxygens (including phenoxy) is 1. The van der Waals surface area contributed by atoms with Gasteiger partial charge in [0.05, 0.1) is 21.2 Å². The highest BCUT2D eigenvalue weighted by molar-refractivity contribution is 7.92. The summed E-state index contributed by atoms with van der Waals surface area (Å²) in [7, 11) is -2.78. The second kappa shape index (κ2) is 9.95. The first kappa shape index (κ1) is 25.4. The fourth-order valence-electron chi connectivity index (χ4n) is 3.32. The SMILES string of the molecule is Cc1cc(C)c(C(=O)COC(=O)c2cc(S(=O)(=O)N(C)c3ccc(F)cc3)ccc2Cl)cc1C. The summed E-state index contributed by atoms with van der Waals surface area (Å²) >= 11 is 6.12. The Morgan fingerprint density at radius 1 is 0.912 bits per heavy atom. The fraction of sp³-hybridized carbons (Fsp3) is 0.200. The number of ketones is 1. The predicted molar refractivity (Wildman–Crippen MR) is 129 cm³/mol. The van der Waals surface area contributed by atoms with Gasteiger partial charge in [-0.25, -0.2) is 17.6 Å². The number of Topliss-reactive ketones (excluding diaryl/α,β-unsaturated/α-hetero) is 1. The Bertz CT molecular complexity index is 1370. The van der Waals surface area contributed by atoms with Gasteiger partial charge in [-0.3, -0.25) is 9.10 Å². The molecule has 0 saturated heterocycles. The third-order valence-corrected chi connectivity index (χ3v) is 7.59. The van der Waals surface area contributed by atoms with Crippen molar-refractivity contribution < 1.29 is 27.1 Å². The van der Waals surface area contributed by atoms with E-state index in [1.165, 1.54) is 31.3 Å². The van der Waals surface area contributed by atoms with Crippen molar-refractivity contribution in [2.24, 2.45) is 0 Å². The van der Waals surface area contributed by atoms with E-state index in [0.717, 1.165) is 39.2 Å². The minimum absolute atomic E-state index is 0.0248. The van der Waals surface area contributed by atoms with E-state index in [4.69, 9.17) is 16.3 Å². The van der Waals surface area contributed by atoms with Crippen LogP contribution in [0.3, 0.4) is 0 Å². The summed E-state index contributed by atoms with van der Waals surface area (Å²) in [5.41, 5.74) is 3.22. The predicted octanol–water partition coefficient (Wildman–Crippen LogP) is 5.27. The number of hydrogen-bond donors (Lipinski definition) is 0. The van der Waals surface area contributed by atoms with E-state index in [-0.39, 0.29) is 27.0 Å². The number of halogens is 2. The van der Waals surface area contributed by atoms with Crippen LogP contribution >= 0.6 is 11.6 Å². The van der Waals surface area contributed by atoms with Crippen LogP contribution in [0.2, 0.25) is 5.02 Å². The van der Waals surface area contributed by atoms with E-state index in [2.05, 4.69) is 0 Å². The van der Waals surface area contributed by atoms with Crippen molar-refractivity contribution in [1.82, 2.24) is 0 Å². The van der Waals surface area contributed by atoms with Crippen LogP contribution < -0.4 is 4.31 Å². The van der Waals surface area contributed by atoms with Gasteiger partial charge in [-0.2, -0.15) is 0 Å². The number of nitrogens with zero attached hydrogens (tertiary/aromatic N) is 1. The molecule has 0 aliphatic rings. The molecule has 0 aliphatic heterocycles. The molecule has 0 bridgehead atoms. The Morgan fingerprint density at radius 3 is 2.18 bits per heavy atom. The van der Waals surface area contributed by atoms with Gasteiger partial charge in [-0.1, -0.05) is 17.7 Å². The van der Waals surface area contributed by atoms with Crippen LogP contribution in [-0.2, 0) is 14.8 Å². The van der Waals surface area contributed by atoms with E-state index < -0.39 is 28.4 Å². The van der Waals surface area contributed by atoms with Gasteiger partial charge < -0.3 is 4.74 Å². The van der Waals surface area contributed by atoms with Crippen molar-refractivity contribution in [3.63, 3.8) is 0 Å². The van der Waals surface area contributed by atoms with Gasteiger partial charge in [0.2, 0.25) is 5.78 Å². The molecule has 0 aliphatic carbocycles. The maximum Gasteiger partial charge on any atom is 0.340 e. The molecule has 0 N–H and O–H groups in total. The first-order chi connectivity index (χ1) is 15.9. The molecule has 0 aromatic heterocycles. The van der Waals surface area contributed by atoms with E-state index in [9.17, 15) is 22.4 Å². The summed E-state index contributed by atoms with van der Waals surface area (Å²) in [6, 6.07) is 12.1. The highest BCUT2D eigenvalue weighted by atomic mass is 35.5. The van der Waals surface area contributed by atoms with E-state index in [0.29, 0.717) is 5.56 Å². The molecule has 0 radical (unpaired) electrons. The highest BCUT2D eigenvalue weighted by Gasteiger charge is 2.25. The summed E-state index contributed by atoms with van der Waals surface area (Å²) in [5.74, 6) is -1.82. The number of hydrogen-bond acceptors (Lipinski definition) is 5. The molecule has 178 valence electrons. The fourth-order valence-corrected chi connectivity index (χ4v) is 4.73. The zero-order chi connectivity index (χ0) is 25.2. The van der Waals surface area contributed by atoms with Crippen molar-refractivity contribution in [2.75, 3.05) is 18.0 Å². The summed E-state index contributed by atoms with van der Waals surface area (Å²) < 4.78 is 45.4. The summed E-state index contributed by atoms with van der Waals surface area (Å²) in [5, 5.41) is -0.0248. The molecule has 0 atom stereocenters. The molecular formula is C25H23ClFNO5S. The number of benzene rings is 3.